The van der Waals surface area contributed by atoms with E-state index in [9.17, 15) is 9.90 Å². The van der Waals surface area contributed by atoms with Crippen LogP contribution in [0.25, 0.3) is 0 Å². The summed E-state index contributed by atoms with van der Waals surface area (Å²) < 4.78 is 0. The topological polar surface area (TPSA) is 75.4 Å². The molecule has 1 aromatic carbocycles. The summed E-state index contributed by atoms with van der Waals surface area (Å²) in [4.78, 5) is 12.0. The second kappa shape index (κ2) is 5.59. The largest absolute Gasteiger partial charge is 0.398 e. The van der Waals surface area contributed by atoms with Crippen LogP contribution in [0.3, 0.4) is 0 Å². The van der Waals surface area contributed by atoms with E-state index in [4.69, 9.17) is 17.3 Å². The van der Waals surface area contributed by atoms with E-state index in [1.807, 2.05) is 0 Å². The van der Waals surface area contributed by atoms with E-state index < -0.39 is 6.10 Å². The van der Waals surface area contributed by atoms with Crippen molar-refractivity contribution in [3.63, 3.8) is 0 Å². The predicted octanol–water partition coefficient (Wildman–Crippen LogP) is 1.96. The number of nitrogens with two attached hydrogens (primary N) is 1. The molecule has 1 saturated carbocycles. The van der Waals surface area contributed by atoms with Gasteiger partial charge in [0.1, 0.15) is 0 Å². The smallest absolute Gasteiger partial charge is 0.253 e. The van der Waals surface area contributed by atoms with Crippen LogP contribution in [-0.2, 0) is 0 Å². The van der Waals surface area contributed by atoms with Gasteiger partial charge in [-0.3, -0.25) is 4.79 Å². The minimum atomic E-state index is -0.462. The fourth-order valence-corrected chi connectivity index (χ4v) is 2.45. The molecule has 2 atom stereocenters. The molecule has 0 heterocycles. The molecule has 0 aromatic heterocycles. The van der Waals surface area contributed by atoms with Gasteiger partial charge in [-0.05, 0) is 31.0 Å². The number of hydrogen-bond donors (Lipinski definition) is 3. The molecule has 4 nitrogen and oxygen atoms in total. The highest BCUT2D eigenvalue weighted by molar-refractivity contribution is 6.31. The fraction of sp³-hybridized carbons (Fsp3) is 0.462. The van der Waals surface area contributed by atoms with E-state index in [1.54, 1.807) is 18.2 Å². The summed E-state index contributed by atoms with van der Waals surface area (Å²) in [5.41, 5.74) is 6.51. The van der Waals surface area contributed by atoms with Gasteiger partial charge in [0.2, 0.25) is 0 Å². The molecule has 18 heavy (non-hydrogen) atoms. The van der Waals surface area contributed by atoms with E-state index in [0.717, 1.165) is 25.7 Å². The highest BCUT2D eigenvalue weighted by Crippen LogP contribution is 2.21. The number of rotatable bonds is 2. The van der Waals surface area contributed by atoms with Gasteiger partial charge in [-0.1, -0.05) is 24.4 Å². The van der Waals surface area contributed by atoms with Gasteiger partial charge in [-0.2, -0.15) is 0 Å². The molecule has 0 saturated heterocycles. The third kappa shape index (κ3) is 2.94. The minimum absolute atomic E-state index is 0.179. The summed E-state index contributed by atoms with van der Waals surface area (Å²) in [6.45, 7) is 0. The first-order valence-electron chi connectivity index (χ1n) is 6.12. The van der Waals surface area contributed by atoms with E-state index in [-0.39, 0.29) is 11.9 Å². The Morgan fingerprint density at radius 1 is 1.39 bits per heavy atom. The van der Waals surface area contributed by atoms with Gasteiger partial charge in [0.05, 0.1) is 17.7 Å². The first kappa shape index (κ1) is 13.2. The zero-order chi connectivity index (χ0) is 13.1. The van der Waals surface area contributed by atoms with Crippen molar-refractivity contribution in [3.05, 3.63) is 28.8 Å². The summed E-state index contributed by atoms with van der Waals surface area (Å²) in [6, 6.07) is 4.60. The summed E-state index contributed by atoms with van der Waals surface area (Å²) in [5, 5.41) is 13.1. The Balaban J connectivity index is 2.07. The average molecular weight is 269 g/mol. The first-order valence-corrected chi connectivity index (χ1v) is 6.49. The van der Waals surface area contributed by atoms with E-state index in [2.05, 4.69) is 5.32 Å². The van der Waals surface area contributed by atoms with Crippen molar-refractivity contribution < 1.29 is 9.90 Å². The number of aliphatic hydroxyl groups excluding tert-OH is 1. The van der Waals surface area contributed by atoms with Gasteiger partial charge in [-0.25, -0.2) is 0 Å². The Labute approximate surface area is 111 Å². The van der Waals surface area contributed by atoms with Crippen molar-refractivity contribution in [2.75, 3.05) is 5.73 Å². The molecule has 4 N–H and O–H groups in total. The maximum absolute atomic E-state index is 12.0. The SMILES string of the molecule is Nc1cc(Cl)ccc1C(=O)N[C@H]1CCCC[C@@H]1O. The normalized spacial score (nSPS) is 23.7. The maximum Gasteiger partial charge on any atom is 0.253 e. The Morgan fingerprint density at radius 3 is 2.78 bits per heavy atom. The number of anilines is 1. The van der Waals surface area contributed by atoms with Crippen LogP contribution < -0.4 is 11.1 Å². The Bertz CT molecular complexity index is 451. The predicted molar refractivity (Wildman–Crippen MR) is 71.6 cm³/mol. The molecule has 0 aliphatic heterocycles. The van der Waals surface area contributed by atoms with Crippen molar-refractivity contribution in [2.24, 2.45) is 0 Å². The fourth-order valence-electron chi connectivity index (χ4n) is 2.27. The number of nitrogen functional groups attached to an aromatic ring is 1. The monoisotopic (exact) mass is 268 g/mol. The number of halogens is 1. The van der Waals surface area contributed by atoms with Crippen LogP contribution in [0, 0.1) is 0 Å². The summed E-state index contributed by atoms with van der Waals surface area (Å²) >= 11 is 5.78. The molecule has 0 unspecified atom stereocenters. The first-order chi connectivity index (χ1) is 8.58. The molecule has 2 rings (SSSR count). The second-order valence-corrected chi connectivity index (χ2v) is 5.10. The Hall–Kier alpha value is -1.26. The lowest BCUT2D eigenvalue weighted by atomic mass is 9.92. The van der Waals surface area contributed by atoms with Gasteiger partial charge >= 0.3 is 0 Å². The molecule has 1 aliphatic rings. The number of amides is 1. The van der Waals surface area contributed by atoms with Gasteiger partial charge in [0.15, 0.2) is 0 Å². The average Bonchev–Trinajstić information content (AvgIpc) is 2.32. The van der Waals surface area contributed by atoms with Crippen LogP contribution in [-0.4, -0.2) is 23.2 Å². The minimum Gasteiger partial charge on any atom is -0.398 e. The lowest BCUT2D eigenvalue weighted by Gasteiger charge is -2.28. The molecule has 1 aliphatic carbocycles. The lowest BCUT2D eigenvalue weighted by molar-refractivity contribution is 0.0718. The number of hydrogen-bond acceptors (Lipinski definition) is 3. The molecular formula is C13H17ClN2O2. The van der Waals surface area contributed by atoms with Gasteiger partial charge in [-0.15, -0.1) is 0 Å². The molecule has 98 valence electrons. The van der Waals surface area contributed by atoms with Crippen molar-refractivity contribution in [3.8, 4) is 0 Å². The van der Waals surface area contributed by atoms with Crippen LogP contribution in [0.2, 0.25) is 5.02 Å². The Kier molecular flexibility index (Phi) is 4.09. The van der Waals surface area contributed by atoms with Gasteiger partial charge < -0.3 is 16.2 Å². The maximum atomic E-state index is 12.0. The van der Waals surface area contributed by atoms with Crippen LogP contribution in [0.5, 0.6) is 0 Å². The van der Waals surface area contributed by atoms with Crippen molar-refractivity contribution in [1.82, 2.24) is 5.32 Å². The van der Waals surface area contributed by atoms with Crippen LogP contribution >= 0.6 is 11.6 Å². The van der Waals surface area contributed by atoms with Crippen molar-refractivity contribution >= 4 is 23.2 Å². The van der Waals surface area contributed by atoms with Crippen molar-refractivity contribution in [2.45, 2.75) is 37.8 Å². The van der Waals surface area contributed by atoms with Gasteiger partial charge in [0.25, 0.3) is 5.91 Å². The lowest BCUT2D eigenvalue weighted by Crippen LogP contribution is -2.45. The highest BCUT2D eigenvalue weighted by atomic mass is 35.5. The molecule has 0 radical (unpaired) electrons. The van der Waals surface area contributed by atoms with Crippen molar-refractivity contribution in [1.29, 1.82) is 0 Å². The van der Waals surface area contributed by atoms with Crippen LogP contribution in [0.4, 0.5) is 5.69 Å². The zero-order valence-electron chi connectivity index (χ0n) is 10.0. The highest BCUT2D eigenvalue weighted by Gasteiger charge is 2.25. The summed E-state index contributed by atoms with van der Waals surface area (Å²) in [7, 11) is 0. The van der Waals surface area contributed by atoms with E-state index in [1.165, 1.54) is 0 Å². The zero-order valence-corrected chi connectivity index (χ0v) is 10.8. The molecular weight excluding hydrogens is 252 g/mol. The molecule has 0 spiro atoms. The Morgan fingerprint density at radius 2 is 2.11 bits per heavy atom. The standard InChI is InChI=1S/C13H17ClN2O2/c14-8-5-6-9(10(15)7-8)13(18)16-11-3-1-2-4-12(11)17/h5-7,11-12,17H,1-4,15H2,(H,16,18)/t11-,12-/m0/s1. The third-order valence-corrected chi connectivity index (χ3v) is 3.54. The third-order valence-electron chi connectivity index (χ3n) is 3.30. The molecule has 1 amide bonds. The number of carbonyl (C=O) groups excluding carboxylic acids is 1. The van der Waals surface area contributed by atoms with Crippen LogP contribution in [0.1, 0.15) is 36.0 Å². The summed E-state index contributed by atoms with van der Waals surface area (Å²) in [5.74, 6) is -0.255. The number of benzene rings is 1. The second-order valence-electron chi connectivity index (χ2n) is 4.66. The van der Waals surface area contributed by atoms with E-state index in [0.29, 0.717) is 16.3 Å². The molecule has 5 heteroatoms. The van der Waals surface area contributed by atoms with E-state index >= 15 is 0 Å². The summed E-state index contributed by atoms with van der Waals surface area (Å²) in [6.07, 6.45) is 3.12. The quantitative estimate of drug-likeness (QED) is 0.718. The number of carbonyl (C=O) groups is 1. The molecule has 1 fully saturated rings. The molecule has 1 aromatic rings. The van der Waals surface area contributed by atoms with Crippen LogP contribution in [0.15, 0.2) is 18.2 Å². The molecule has 0 bridgehead atoms. The number of aliphatic hydroxyl groups is 1. The van der Waals surface area contributed by atoms with Gasteiger partial charge in [0, 0.05) is 10.7 Å². The number of nitrogens with one attached hydrogen (secondary N) is 1.